The number of carbonyl (C=O) groups excluding carboxylic acids is 2. The van der Waals surface area contributed by atoms with Gasteiger partial charge < -0.3 is 19.9 Å². The van der Waals surface area contributed by atoms with E-state index in [1.54, 1.807) is 0 Å². The third-order valence-electron chi connectivity index (χ3n) is 5.12. The molecule has 1 aromatic carbocycles. The molecule has 2 heterocycles. The maximum absolute atomic E-state index is 12.9. The fourth-order valence-electron chi connectivity index (χ4n) is 3.69. The van der Waals surface area contributed by atoms with E-state index in [-0.39, 0.29) is 18.0 Å². The zero-order valence-corrected chi connectivity index (χ0v) is 14.9. The highest BCUT2D eigenvalue weighted by molar-refractivity contribution is 5.99. The Hall–Kier alpha value is -2.24. The molecule has 0 bridgehead atoms. The molecule has 0 spiro atoms. The van der Waals surface area contributed by atoms with Gasteiger partial charge in [-0.1, -0.05) is 12.1 Å². The summed E-state index contributed by atoms with van der Waals surface area (Å²) in [4.78, 5) is 28.5. The molecule has 2 fully saturated rings. The van der Waals surface area contributed by atoms with Crippen molar-refractivity contribution in [3.63, 3.8) is 0 Å². The van der Waals surface area contributed by atoms with E-state index in [0.29, 0.717) is 0 Å². The highest BCUT2D eigenvalue weighted by atomic mass is 16.5. The Kier molecular flexibility index (Phi) is 5.79. The molecule has 0 unspecified atom stereocenters. The quantitative estimate of drug-likeness (QED) is 0.915. The summed E-state index contributed by atoms with van der Waals surface area (Å²) in [5, 5.41) is 2.87. The lowest BCUT2D eigenvalue weighted by Crippen LogP contribution is -2.45. The first-order valence-electron chi connectivity index (χ1n) is 9.17. The molecular formula is C19H27N3O3. The van der Waals surface area contributed by atoms with Gasteiger partial charge in [-0.15, -0.1) is 0 Å². The lowest BCUT2D eigenvalue weighted by atomic mass is 10.0. The molecule has 0 aromatic heterocycles. The van der Waals surface area contributed by atoms with Gasteiger partial charge in [0, 0.05) is 37.9 Å². The molecule has 2 saturated heterocycles. The third kappa shape index (κ3) is 4.24. The van der Waals surface area contributed by atoms with Gasteiger partial charge in [0.05, 0.1) is 12.7 Å². The predicted molar refractivity (Wildman–Crippen MR) is 97.0 cm³/mol. The second-order valence-corrected chi connectivity index (χ2v) is 6.77. The number of amides is 2. The molecule has 0 atom stereocenters. The average Bonchev–Trinajstić information content (AvgIpc) is 2.68. The maximum atomic E-state index is 12.9. The predicted octanol–water partition coefficient (Wildman–Crippen LogP) is 2.64. The summed E-state index contributed by atoms with van der Waals surface area (Å²) in [6.07, 6.45) is 4.73. The van der Waals surface area contributed by atoms with Gasteiger partial charge in [-0.05, 0) is 44.2 Å². The Bertz CT molecular complexity index is 606. The Morgan fingerprint density at radius 3 is 2.40 bits per heavy atom. The largest absolute Gasteiger partial charge is 0.453 e. The van der Waals surface area contributed by atoms with E-state index >= 15 is 0 Å². The van der Waals surface area contributed by atoms with Crippen molar-refractivity contribution in [2.75, 3.05) is 38.2 Å². The number of nitrogens with zero attached hydrogens (tertiary/aromatic N) is 2. The van der Waals surface area contributed by atoms with Gasteiger partial charge in [0.15, 0.2) is 0 Å². The summed E-state index contributed by atoms with van der Waals surface area (Å²) < 4.78 is 4.67. The summed E-state index contributed by atoms with van der Waals surface area (Å²) in [6, 6.07) is 8.03. The number of likely N-dealkylation sites (tertiary alicyclic amines) is 1. The molecule has 0 aliphatic carbocycles. The lowest BCUT2D eigenvalue weighted by Gasteiger charge is -2.35. The zero-order valence-electron chi connectivity index (χ0n) is 14.9. The molecule has 136 valence electrons. The van der Waals surface area contributed by atoms with Crippen LogP contribution in [0.15, 0.2) is 24.3 Å². The number of carbonyl (C=O) groups is 2. The molecule has 0 radical (unpaired) electrons. The first kappa shape index (κ1) is 17.6. The second kappa shape index (κ2) is 8.23. The van der Waals surface area contributed by atoms with Crippen LogP contribution in [0.3, 0.4) is 0 Å². The van der Waals surface area contributed by atoms with E-state index in [0.717, 1.165) is 63.1 Å². The normalized spacial score (nSPS) is 18.8. The Labute approximate surface area is 149 Å². The number of hydrogen-bond donors (Lipinski definition) is 1. The molecule has 1 N–H and O–H groups in total. The maximum Gasteiger partial charge on any atom is 0.407 e. The molecule has 0 saturated carbocycles. The van der Waals surface area contributed by atoms with Gasteiger partial charge >= 0.3 is 6.09 Å². The van der Waals surface area contributed by atoms with Crippen molar-refractivity contribution in [3.8, 4) is 0 Å². The number of piperidine rings is 2. The molecule has 2 aliphatic rings. The minimum absolute atomic E-state index is 0.133. The van der Waals surface area contributed by atoms with Crippen molar-refractivity contribution in [2.45, 2.75) is 38.1 Å². The summed E-state index contributed by atoms with van der Waals surface area (Å²) in [5.74, 6) is 0.144. The van der Waals surface area contributed by atoms with Crippen molar-refractivity contribution in [1.82, 2.24) is 10.2 Å². The number of para-hydroxylation sites is 1. The highest BCUT2D eigenvalue weighted by Crippen LogP contribution is 2.26. The van der Waals surface area contributed by atoms with Crippen LogP contribution >= 0.6 is 0 Å². The van der Waals surface area contributed by atoms with Crippen LogP contribution in [0.2, 0.25) is 0 Å². The van der Waals surface area contributed by atoms with E-state index in [1.807, 2.05) is 29.2 Å². The van der Waals surface area contributed by atoms with Gasteiger partial charge in [-0.2, -0.15) is 0 Å². The molecule has 2 aliphatic heterocycles. The monoisotopic (exact) mass is 345 g/mol. The molecule has 1 aromatic rings. The van der Waals surface area contributed by atoms with E-state index in [1.165, 1.54) is 13.5 Å². The SMILES string of the molecule is COC(=O)NC1CCN(c2ccccc2C(=O)N2CCCCC2)CC1. The van der Waals surface area contributed by atoms with Crippen LogP contribution in [0.1, 0.15) is 42.5 Å². The van der Waals surface area contributed by atoms with Crippen LogP contribution in [-0.4, -0.2) is 56.2 Å². The number of hydrogen-bond acceptors (Lipinski definition) is 4. The molecular weight excluding hydrogens is 318 g/mol. The second-order valence-electron chi connectivity index (χ2n) is 6.77. The fourth-order valence-corrected chi connectivity index (χ4v) is 3.69. The standard InChI is InChI=1S/C19H27N3O3/c1-25-19(24)20-15-9-13-21(14-10-15)17-8-4-3-7-16(17)18(23)22-11-5-2-6-12-22/h3-4,7-8,15H,2,5-6,9-14H2,1H3,(H,20,24). The highest BCUT2D eigenvalue weighted by Gasteiger charge is 2.26. The number of alkyl carbamates (subject to hydrolysis) is 1. The van der Waals surface area contributed by atoms with Crippen LogP contribution < -0.4 is 10.2 Å². The van der Waals surface area contributed by atoms with Crippen LogP contribution in [-0.2, 0) is 4.74 Å². The van der Waals surface area contributed by atoms with Crippen molar-refractivity contribution in [2.24, 2.45) is 0 Å². The van der Waals surface area contributed by atoms with E-state index in [9.17, 15) is 9.59 Å². The molecule has 3 rings (SSSR count). The van der Waals surface area contributed by atoms with Crippen LogP contribution in [0.25, 0.3) is 0 Å². The molecule has 25 heavy (non-hydrogen) atoms. The van der Waals surface area contributed by atoms with Crippen molar-refractivity contribution in [3.05, 3.63) is 29.8 Å². The summed E-state index contributed by atoms with van der Waals surface area (Å²) in [6.45, 7) is 3.36. The Morgan fingerprint density at radius 1 is 1.04 bits per heavy atom. The van der Waals surface area contributed by atoms with E-state index < -0.39 is 0 Å². The van der Waals surface area contributed by atoms with Crippen LogP contribution in [0, 0.1) is 0 Å². The van der Waals surface area contributed by atoms with Gasteiger partial charge in [0.25, 0.3) is 5.91 Å². The minimum atomic E-state index is -0.376. The Balaban J connectivity index is 1.67. The van der Waals surface area contributed by atoms with Gasteiger partial charge in [0.2, 0.25) is 0 Å². The number of rotatable bonds is 3. The smallest absolute Gasteiger partial charge is 0.407 e. The van der Waals surface area contributed by atoms with E-state index in [4.69, 9.17) is 0 Å². The summed E-state index contributed by atoms with van der Waals surface area (Å²) in [7, 11) is 1.38. The van der Waals surface area contributed by atoms with Crippen molar-refractivity contribution in [1.29, 1.82) is 0 Å². The summed E-state index contributed by atoms with van der Waals surface area (Å²) >= 11 is 0. The number of nitrogens with one attached hydrogen (secondary N) is 1. The van der Waals surface area contributed by atoms with Crippen LogP contribution in [0.5, 0.6) is 0 Å². The number of ether oxygens (including phenoxy) is 1. The molecule has 6 heteroatoms. The molecule has 6 nitrogen and oxygen atoms in total. The Morgan fingerprint density at radius 2 is 1.72 bits per heavy atom. The average molecular weight is 345 g/mol. The first-order valence-corrected chi connectivity index (χ1v) is 9.17. The van der Waals surface area contributed by atoms with Gasteiger partial charge in [-0.25, -0.2) is 4.79 Å². The number of anilines is 1. The third-order valence-corrected chi connectivity index (χ3v) is 5.12. The molecule has 2 amide bonds. The number of methoxy groups -OCH3 is 1. The van der Waals surface area contributed by atoms with Crippen LogP contribution in [0.4, 0.5) is 10.5 Å². The zero-order chi connectivity index (χ0) is 17.6. The summed E-state index contributed by atoms with van der Waals surface area (Å²) in [5.41, 5.74) is 1.80. The number of benzene rings is 1. The van der Waals surface area contributed by atoms with Gasteiger partial charge in [0.1, 0.15) is 0 Å². The minimum Gasteiger partial charge on any atom is -0.453 e. The van der Waals surface area contributed by atoms with Gasteiger partial charge in [-0.3, -0.25) is 4.79 Å². The lowest BCUT2D eigenvalue weighted by molar-refractivity contribution is 0.0725. The van der Waals surface area contributed by atoms with E-state index in [2.05, 4.69) is 15.0 Å². The van der Waals surface area contributed by atoms with Crippen molar-refractivity contribution < 1.29 is 14.3 Å². The topological polar surface area (TPSA) is 61.9 Å². The first-order chi connectivity index (χ1) is 12.2. The fraction of sp³-hybridized carbons (Fsp3) is 0.579. The van der Waals surface area contributed by atoms with Crippen molar-refractivity contribution >= 4 is 17.7 Å².